The van der Waals surface area contributed by atoms with Gasteiger partial charge in [0.2, 0.25) is 11.4 Å². The van der Waals surface area contributed by atoms with Crippen LogP contribution in [0, 0.1) is 3.57 Å². The topological polar surface area (TPSA) is 3.01 Å². The number of hydrogen-bond donors (Lipinski definition) is 0. The largest absolute Gasteiger partial charge is 0.217 e. The van der Waals surface area contributed by atoms with Gasteiger partial charge in [-0.1, -0.05) is 18.2 Å². The van der Waals surface area contributed by atoms with Crippen LogP contribution in [0.3, 0.4) is 0 Å². The van der Waals surface area contributed by atoms with Crippen LogP contribution in [0.1, 0.15) is 32.8 Å². The molecule has 2 aliphatic heterocycles. The molecule has 0 saturated carbocycles. The van der Waals surface area contributed by atoms with E-state index in [2.05, 4.69) is 84.3 Å². The molecule has 0 aromatic heterocycles. The number of hydrogen-bond acceptors (Lipinski definition) is 0. The Morgan fingerprint density at radius 1 is 1.20 bits per heavy atom. The van der Waals surface area contributed by atoms with Gasteiger partial charge in [0, 0.05) is 40.9 Å². The molecule has 0 aliphatic carbocycles. The SMILES string of the molecule is CC=C1CC(C)(C)[N+]2=C1c1cccc3c(I)ccc2c13. The molecule has 2 aromatic carbocycles. The predicted octanol–water partition coefficient (Wildman–Crippen LogP) is 5.02. The van der Waals surface area contributed by atoms with Gasteiger partial charge in [0.15, 0.2) is 5.54 Å². The first-order valence-corrected chi connectivity index (χ1v) is 8.17. The van der Waals surface area contributed by atoms with Crippen LogP contribution in [0.5, 0.6) is 0 Å². The maximum Gasteiger partial charge on any atom is 0.217 e. The molecule has 2 aromatic rings. The molecule has 0 N–H and O–H groups in total. The van der Waals surface area contributed by atoms with Crippen molar-refractivity contribution in [3.8, 4) is 0 Å². The lowest BCUT2D eigenvalue weighted by Crippen LogP contribution is -2.28. The molecule has 4 rings (SSSR count). The molecule has 2 heteroatoms. The second-order valence-corrected chi connectivity index (χ2v) is 7.44. The number of nitrogens with zero attached hydrogens (tertiary/aromatic N) is 1. The van der Waals surface area contributed by atoms with Gasteiger partial charge in [0.25, 0.3) is 0 Å². The Hall–Kier alpha value is -1.16. The summed E-state index contributed by atoms with van der Waals surface area (Å²) in [5, 5.41) is 2.82. The van der Waals surface area contributed by atoms with Crippen molar-refractivity contribution in [2.45, 2.75) is 32.7 Å². The van der Waals surface area contributed by atoms with Crippen molar-refractivity contribution >= 4 is 44.8 Å². The van der Waals surface area contributed by atoms with E-state index in [9.17, 15) is 0 Å². The van der Waals surface area contributed by atoms with Crippen molar-refractivity contribution in [1.82, 2.24) is 0 Å². The van der Waals surface area contributed by atoms with Crippen molar-refractivity contribution in [2.75, 3.05) is 0 Å². The van der Waals surface area contributed by atoms with Crippen LogP contribution in [0.2, 0.25) is 0 Å². The smallest absolute Gasteiger partial charge is 0.186 e. The van der Waals surface area contributed by atoms with E-state index < -0.39 is 0 Å². The van der Waals surface area contributed by atoms with Gasteiger partial charge >= 0.3 is 0 Å². The van der Waals surface area contributed by atoms with Gasteiger partial charge in [-0.25, -0.2) is 0 Å². The monoisotopic (exact) mass is 374 g/mol. The summed E-state index contributed by atoms with van der Waals surface area (Å²) in [5.41, 5.74) is 5.87. The lowest BCUT2D eigenvalue weighted by atomic mass is 9.92. The van der Waals surface area contributed by atoms with E-state index in [0.717, 1.165) is 6.42 Å². The van der Waals surface area contributed by atoms with Gasteiger partial charge in [0.1, 0.15) is 0 Å². The second kappa shape index (κ2) is 3.94. The van der Waals surface area contributed by atoms with Crippen LogP contribution >= 0.6 is 22.6 Å². The molecule has 0 saturated heterocycles. The standard InChI is InChI=1S/C18H17IN/c1-4-11-10-18(2,3)20-15-9-8-14(19)12-6-5-7-13(16(12)15)17(11)20/h4-9H,10H2,1-3H3/q+1. The molecular formula is C18H17IN+. The second-order valence-electron chi connectivity index (χ2n) is 6.28. The van der Waals surface area contributed by atoms with Crippen molar-refractivity contribution in [2.24, 2.45) is 0 Å². The Balaban J connectivity index is 2.18. The molecule has 0 amide bonds. The van der Waals surface area contributed by atoms with E-state index in [1.165, 1.54) is 36.9 Å². The summed E-state index contributed by atoms with van der Waals surface area (Å²) in [6.45, 7) is 6.85. The van der Waals surface area contributed by atoms with Crippen molar-refractivity contribution in [3.05, 3.63) is 51.1 Å². The van der Waals surface area contributed by atoms with E-state index in [-0.39, 0.29) is 5.54 Å². The summed E-state index contributed by atoms with van der Waals surface area (Å²) in [7, 11) is 0. The zero-order chi connectivity index (χ0) is 14.1. The van der Waals surface area contributed by atoms with E-state index >= 15 is 0 Å². The summed E-state index contributed by atoms with van der Waals surface area (Å²) in [6, 6.07) is 11.3. The zero-order valence-corrected chi connectivity index (χ0v) is 14.2. The highest BCUT2D eigenvalue weighted by atomic mass is 127. The Kier molecular flexibility index (Phi) is 2.48. The fraction of sp³-hybridized carbons (Fsp3) is 0.278. The minimum absolute atomic E-state index is 0.163. The zero-order valence-electron chi connectivity index (χ0n) is 12.0. The number of halogens is 1. The first-order valence-electron chi connectivity index (χ1n) is 7.09. The third-order valence-electron chi connectivity index (χ3n) is 4.57. The van der Waals surface area contributed by atoms with E-state index in [4.69, 9.17) is 0 Å². The molecule has 0 spiro atoms. The molecule has 0 bridgehead atoms. The fourth-order valence-electron chi connectivity index (χ4n) is 3.79. The highest BCUT2D eigenvalue weighted by molar-refractivity contribution is 14.1. The number of fused-ring (bicyclic) bond motifs is 2. The van der Waals surface area contributed by atoms with Crippen LogP contribution in [0.15, 0.2) is 42.0 Å². The van der Waals surface area contributed by atoms with Gasteiger partial charge in [-0.2, -0.15) is 4.58 Å². The minimum Gasteiger partial charge on any atom is -0.186 e. The van der Waals surface area contributed by atoms with Crippen molar-refractivity contribution in [1.29, 1.82) is 0 Å². The number of benzene rings is 2. The van der Waals surface area contributed by atoms with Gasteiger partial charge in [-0.3, -0.25) is 0 Å². The van der Waals surface area contributed by atoms with Crippen LogP contribution in [0.4, 0.5) is 5.69 Å². The predicted molar refractivity (Wildman–Crippen MR) is 93.1 cm³/mol. The summed E-state index contributed by atoms with van der Waals surface area (Å²) < 4.78 is 3.89. The normalized spacial score (nSPS) is 21.1. The highest BCUT2D eigenvalue weighted by Gasteiger charge is 2.49. The molecule has 2 aliphatic rings. The van der Waals surface area contributed by atoms with Gasteiger partial charge in [0.05, 0.1) is 10.9 Å². The van der Waals surface area contributed by atoms with Crippen LogP contribution in [-0.2, 0) is 0 Å². The Bertz CT molecular complexity index is 825. The summed E-state index contributed by atoms with van der Waals surface area (Å²) in [4.78, 5) is 0. The average molecular weight is 374 g/mol. The summed E-state index contributed by atoms with van der Waals surface area (Å²) >= 11 is 2.44. The minimum atomic E-state index is 0.163. The van der Waals surface area contributed by atoms with Crippen molar-refractivity contribution in [3.63, 3.8) is 0 Å². The maximum absolute atomic E-state index is 2.55. The number of rotatable bonds is 0. The molecular weight excluding hydrogens is 357 g/mol. The molecule has 2 heterocycles. The molecule has 0 fully saturated rings. The third kappa shape index (κ3) is 1.40. The molecule has 0 unspecified atom stereocenters. The van der Waals surface area contributed by atoms with E-state index in [1.807, 2.05) is 0 Å². The van der Waals surface area contributed by atoms with E-state index in [1.54, 1.807) is 0 Å². The molecule has 20 heavy (non-hydrogen) atoms. The lowest BCUT2D eigenvalue weighted by Gasteiger charge is -2.16. The third-order valence-corrected chi connectivity index (χ3v) is 5.51. The molecule has 0 atom stereocenters. The van der Waals surface area contributed by atoms with E-state index in [0.29, 0.717) is 0 Å². The van der Waals surface area contributed by atoms with Crippen LogP contribution in [-0.4, -0.2) is 15.8 Å². The molecule has 0 radical (unpaired) electrons. The Morgan fingerprint density at radius 2 is 2.00 bits per heavy atom. The summed E-state index contributed by atoms with van der Waals surface area (Å²) in [6.07, 6.45) is 3.41. The first kappa shape index (κ1) is 12.6. The maximum atomic E-state index is 2.55. The fourth-order valence-corrected chi connectivity index (χ4v) is 4.42. The molecule has 1 nitrogen and oxygen atoms in total. The Labute approximate surface area is 133 Å². The van der Waals surface area contributed by atoms with Gasteiger partial charge in [-0.05, 0) is 41.6 Å². The van der Waals surface area contributed by atoms with Gasteiger partial charge < -0.3 is 0 Å². The average Bonchev–Trinajstić information content (AvgIpc) is 2.90. The Morgan fingerprint density at radius 3 is 2.75 bits per heavy atom. The summed E-state index contributed by atoms with van der Waals surface area (Å²) in [5.74, 6) is 0. The van der Waals surface area contributed by atoms with Crippen molar-refractivity contribution < 1.29 is 4.58 Å². The lowest BCUT2D eigenvalue weighted by molar-refractivity contribution is -0.512. The quantitative estimate of drug-likeness (QED) is 0.450. The first-order chi connectivity index (χ1) is 9.54. The van der Waals surface area contributed by atoms with Crippen LogP contribution < -0.4 is 0 Å². The highest BCUT2D eigenvalue weighted by Crippen LogP contribution is 2.46. The molecule has 100 valence electrons. The van der Waals surface area contributed by atoms with Crippen LogP contribution in [0.25, 0.3) is 10.8 Å². The number of allylic oxidation sites excluding steroid dienone is 1. The van der Waals surface area contributed by atoms with Gasteiger partial charge in [-0.15, -0.1) is 0 Å².